The van der Waals surface area contributed by atoms with Crippen molar-refractivity contribution in [1.82, 2.24) is 5.43 Å². The average Bonchev–Trinajstić information content (AvgIpc) is 2.54. The second-order valence-electron chi connectivity index (χ2n) is 4.86. The van der Waals surface area contributed by atoms with Crippen LogP contribution in [0.5, 0.6) is 11.5 Å². The van der Waals surface area contributed by atoms with E-state index >= 15 is 0 Å². The van der Waals surface area contributed by atoms with Gasteiger partial charge in [-0.3, -0.25) is 5.43 Å². The number of thiocarbonyl (C=S) groups is 1. The summed E-state index contributed by atoms with van der Waals surface area (Å²) in [7, 11) is 1.60. The van der Waals surface area contributed by atoms with E-state index in [9.17, 15) is 0 Å². The number of nitrogens with zero attached hydrogens (tertiary/aromatic N) is 1. The number of methoxy groups -OCH3 is 1. The minimum Gasteiger partial charge on any atom is -0.493 e. The fraction of sp³-hybridized carbons (Fsp3) is 0.176. The van der Waals surface area contributed by atoms with Gasteiger partial charge < -0.3 is 15.2 Å². The molecule has 120 valence electrons. The van der Waals surface area contributed by atoms with Crippen LogP contribution in [0.4, 0.5) is 0 Å². The summed E-state index contributed by atoms with van der Waals surface area (Å²) in [5.41, 5.74) is 11.0. The second kappa shape index (κ2) is 8.14. The van der Waals surface area contributed by atoms with Gasteiger partial charge in [0.15, 0.2) is 16.6 Å². The van der Waals surface area contributed by atoms with E-state index in [1.54, 1.807) is 13.3 Å². The molecule has 0 aliphatic heterocycles. The molecule has 2 aromatic rings. The molecule has 0 amide bonds. The molecule has 2 aromatic carbocycles. The highest BCUT2D eigenvalue weighted by Crippen LogP contribution is 2.28. The fourth-order valence-electron chi connectivity index (χ4n) is 1.98. The van der Waals surface area contributed by atoms with Gasteiger partial charge in [-0.15, -0.1) is 0 Å². The van der Waals surface area contributed by atoms with E-state index in [1.165, 1.54) is 5.56 Å². The molecule has 23 heavy (non-hydrogen) atoms. The number of hydrazone groups is 1. The molecule has 0 fully saturated rings. The minimum atomic E-state index is 0.117. The monoisotopic (exact) mass is 329 g/mol. The Morgan fingerprint density at radius 2 is 2.04 bits per heavy atom. The number of hydrogen-bond acceptors (Lipinski definition) is 4. The number of nitrogens with one attached hydrogen (secondary N) is 1. The molecule has 0 saturated carbocycles. The molecule has 0 aromatic heterocycles. The van der Waals surface area contributed by atoms with Gasteiger partial charge in [0.05, 0.1) is 13.3 Å². The van der Waals surface area contributed by atoms with E-state index < -0.39 is 0 Å². The van der Waals surface area contributed by atoms with Crippen LogP contribution >= 0.6 is 12.2 Å². The summed E-state index contributed by atoms with van der Waals surface area (Å²) in [5.74, 6) is 1.31. The zero-order valence-corrected chi connectivity index (χ0v) is 13.9. The van der Waals surface area contributed by atoms with Crippen molar-refractivity contribution in [3.05, 3.63) is 59.2 Å². The highest BCUT2D eigenvalue weighted by atomic mass is 32.1. The Kier molecular flexibility index (Phi) is 5.94. The summed E-state index contributed by atoms with van der Waals surface area (Å²) in [6.07, 6.45) is 1.60. The number of ether oxygens (including phenoxy) is 2. The fourth-order valence-corrected chi connectivity index (χ4v) is 2.03. The standard InChI is InChI=1S/C17H19N3O2S/c1-12-5-3-4-6-14(12)11-22-15-8-7-13(9-16(15)21-2)10-19-20-17(18)23/h3-10H,11H2,1-2H3,(H3,18,20,23)/b19-10+. The maximum atomic E-state index is 5.87. The molecule has 2 rings (SSSR count). The first-order valence-corrected chi connectivity index (χ1v) is 7.45. The van der Waals surface area contributed by atoms with E-state index in [4.69, 9.17) is 15.2 Å². The first kappa shape index (κ1) is 16.8. The van der Waals surface area contributed by atoms with Crippen molar-refractivity contribution in [3.8, 4) is 11.5 Å². The predicted octanol–water partition coefficient (Wildman–Crippen LogP) is 2.75. The average molecular weight is 329 g/mol. The van der Waals surface area contributed by atoms with E-state index in [2.05, 4.69) is 35.7 Å². The topological polar surface area (TPSA) is 68.9 Å². The lowest BCUT2D eigenvalue weighted by atomic mass is 10.1. The third-order valence-corrected chi connectivity index (χ3v) is 3.31. The Morgan fingerprint density at radius 3 is 2.74 bits per heavy atom. The molecule has 0 spiro atoms. The molecule has 0 heterocycles. The van der Waals surface area contributed by atoms with Crippen molar-refractivity contribution in [2.24, 2.45) is 10.8 Å². The molecule has 0 saturated heterocycles. The third kappa shape index (κ3) is 4.96. The lowest BCUT2D eigenvalue weighted by Gasteiger charge is -2.12. The largest absolute Gasteiger partial charge is 0.493 e. The van der Waals surface area contributed by atoms with Crippen molar-refractivity contribution >= 4 is 23.5 Å². The van der Waals surface area contributed by atoms with E-state index in [1.807, 2.05) is 36.4 Å². The summed E-state index contributed by atoms with van der Waals surface area (Å²) in [5, 5.41) is 4.03. The van der Waals surface area contributed by atoms with Crippen LogP contribution in [-0.4, -0.2) is 18.4 Å². The number of hydrogen-bond donors (Lipinski definition) is 2. The van der Waals surface area contributed by atoms with Gasteiger partial charge in [-0.25, -0.2) is 0 Å². The van der Waals surface area contributed by atoms with E-state index in [-0.39, 0.29) is 5.11 Å². The smallest absolute Gasteiger partial charge is 0.184 e. The van der Waals surface area contributed by atoms with Crippen molar-refractivity contribution < 1.29 is 9.47 Å². The van der Waals surface area contributed by atoms with Gasteiger partial charge in [-0.1, -0.05) is 24.3 Å². The van der Waals surface area contributed by atoms with Crippen LogP contribution in [0.3, 0.4) is 0 Å². The number of aryl methyl sites for hydroxylation is 1. The van der Waals surface area contributed by atoms with Gasteiger partial charge in [0, 0.05) is 0 Å². The first-order valence-electron chi connectivity index (χ1n) is 7.04. The molecule has 0 radical (unpaired) electrons. The SMILES string of the molecule is COc1cc(/C=N/NC(N)=S)ccc1OCc1ccccc1C. The molecule has 0 atom stereocenters. The van der Waals surface area contributed by atoms with Crippen molar-refractivity contribution in [3.63, 3.8) is 0 Å². The molecule has 0 aliphatic rings. The maximum Gasteiger partial charge on any atom is 0.184 e. The van der Waals surface area contributed by atoms with Gasteiger partial charge in [0.2, 0.25) is 0 Å². The Morgan fingerprint density at radius 1 is 1.26 bits per heavy atom. The van der Waals surface area contributed by atoms with Crippen LogP contribution in [0.2, 0.25) is 0 Å². The van der Waals surface area contributed by atoms with Crippen LogP contribution in [0.15, 0.2) is 47.6 Å². The lowest BCUT2D eigenvalue weighted by molar-refractivity contribution is 0.284. The zero-order chi connectivity index (χ0) is 16.7. The Balaban J connectivity index is 2.09. The number of rotatable bonds is 6. The zero-order valence-electron chi connectivity index (χ0n) is 13.1. The Hall–Kier alpha value is -2.60. The normalized spacial score (nSPS) is 10.5. The molecule has 5 nitrogen and oxygen atoms in total. The van der Waals surface area contributed by atoms with Gasteiger partial charge in [-0.2, -0.15) is 5.10 Å². The second-order valence-corrected chi connectivity index (χ2v) is 5.30. The summed E-state index contributed by atoms with van der Waals surface area (Å²) in [4.78, 5) is 0. The van der Waals surface area contributed by atoms with Crippen LogP contribution in [0.1, 0.15) is 16.7 Å². The highest BCUT2D eigenvalue weighted by Gasteiger charge is 2.06. The molecular formula is C17H19N3O2S. The minimum absolute atomic E-state index is 0.117. The summed E-state index contributed by atoms with van der Waals surface area (Å²) in [6.45, 7) is 2.55. The van der Waals surface area contributed by atoms with Gasteiger partial charge in [0.25, 0.3) is 0 Å². The van der Waals surface area contributed by atoms with E-state index in [0.717, 1.165) is 11.1 Å². The summed E-state index contributed by atoms with van der Waals surface area (Å²) >= 11 is 4.68. The summed E-state index contributed by atoms with van der Waals surface area (Å²) in [6, 6.07) is 13.7. The molecule has 0 unspecified atom stereocenters. The molecule has 6 heteroatoms. The Labute approximate surface area is 141 Å². The van der Waals surface area contributed by atoms with E-state index in [0.29, 0.717) is 18.1 Å². The summed E-state index contributed by atoms with van der Waals surface area (Å²) < 4.78 is 11.2. The van der Waals surface area contributed by atoms with Crippen molar-refractivity contribution in [2.75, 3.05) is 7.11 Å². The van der Waals surface area contributed by atoms with Crippen molar-refractivity contribution in [2.45, 2.75) is 13.5 Å². The number of nitrogens with two attached hydrogens (primary N) is 1. The quantitative estimate of drug-likeness (QED) is 0.484. The van der Waals surface area contributed by atoms with Crippen LogP contribution in [0, 0.1) is 6.92 Å². The molecule has 3 N–H and O–H groups in total. The molecular weight excluding hydrogens is 310 g/mol. The van der Waals surface area contributed by atoms with Gasteiger partial charge >= 0.3 is 0 Å². The van der Waals surface area contributed by atoms with Crippen LogP contribution in [0.25, 0.3) is 0 Å². The van der Waals surface area contributed by atoms with Crippen molar-refractivity contribution in [1.29, 1.82) is 0 Å². The molecule has 0 aliphatic carbocycles. The molecule has 0 bridgehead atoms. The van der Waals surface area contributed by atoms with Gasteiger partial charge in [0.1, 0.15) is 6.61 Å². The number of benzene rings is 2. The first-order chi connectivity index (χ1) is 11.1. The highest BCUT2D eigenvalue weighted by molar-refractivity contribution is 7.80. The lowest BCUT2D eigenvalue weighted by Crippen LogP contribution is -2.23. The van der Waals surface area contributed by atoms with Gasteiger partial charge in [-0.05, 0) is 54.0 Å². The predicted molar refractivity (Wildman–Crippen MR) is 96.0 cm³/mol. The van der Waals surface area contributed by atoms with Crippen LogP contribution < -0.4 is 20.6 Å². The van der Waals surface area contributed by atoms with Crippen LogP contribution in [-0.2, 0) is 6.61 Å². The Bertz CT molecular complexity index is 717. The third-order valence-electron chi connectivity index (χ3n) is 3.22. The maximum absolute atomic E-state index is 5.87.